The van der Waals surface area contributed by atoms with Crippen molar-refractivity contribution in [2.75, 3.05) is 0 Å². The van der Waals surface area contributed by atoms with Crippen LogP contribution in [0, 0.1) is 0 Å². The van der Waals surface area contributed by atoms with Crippen LogP contribution >= 0.6 is 0 Å². The Morgan fingerprint density at radius 1 is 0.962 bits per heavy atom. The van der Waals surface area contributed by atoms with Gasteiger partial charge in [0, 0.05) is 0 Å². The van der Waals surface area contributed by atoms with E-state index in [1.807, 2.05) is 75.4 Å². The van der Waals surface area contributed by atoms with Crippen LogP contribution in [0.15, 0.2) is 59.7 Å². The molecule has 136 valence electrons. The monoisotopic (exact) mass is 353 g/mol. The molecule has 2 rings (SSSR count). The summed E-state index contributed by atoms with van der Waals surface area (Å²) in [5.41, 5.74) is 3.92. The van der Waals surface area contributed by atoms with Crippen molar-refractivity contribution < 1.29 is 14.3 Å². The predicted octanol–water partition coefficient (Wildman–Crippen LogP) is 2.80. The van der Waals surface area contributed by atoms with E-state index in [0.717, 1.165) is 16.9 Å². The topological polar surface area (TPSA) is 79.8 Å². The summed E-state index contributed by atoms with van der Waals surface area (Å²) in [7, 11) is 0. The zero-order valence-corrected chi connectivity index (χ0v) is 15.1. The van der Waals surface area contributed by atoms with Gasteiger partial charge in [0.2, 0.25) is 0 Å². The first kappa shape index (κ1) is 19.2. The number of benzene rings is 2. The zero-order chi connectivity index (χ0) is 18.9. The van der Waals surface area contributed by atoms with Crippen LogP contribution in [0.25, 0.3) is 0 Å². The van der Waals surface area contributed by atoms with Gasteiger partial charge in [-0.1, -0.05) is 30.3 Å². The van der Waals surface area contributed by atoms with E-state index in [9.17, 15) is 9.59 Å². The number of hydrazone groups is 1. The number of hydrogen-bond donors (Lipinski definition) is 2. The quantitative estimate of drug-likeness (QED) is 0.476. The Hall–Kier alpha value is -3.15. The number of carbonyl (C=O) groups excluding carboxylic acids is 2. The third kappa shape index (κ3) is 6.05. The number of hydrogen-bond acceptors (Lipinski definition) is 4. The van der Waals surface area contributed by atoms with Crippen LogP contribution < -0.4 is 15.5 Å². The fourth-order valence-corrected chi connectivity index (χ4v) is 2.21. The molecule has 0 aromatic heterocycles. The van der Waals surface area contributed by atoms with Gasteiger partial charge in [-0.3, -0.25) is 9.59 Å². The molecule has 0 saturated heterocycles. The number of ether oxygens (including phenoxy) is 1. The van der Waals surface area contributed by atoms with Crippen molar-refractivity contribution in [3.05, 3.63) is 65.7 Å². The van der Waals surface area contributed by atoms with Gasteiger partial charge in [0.05, 0.1) is 18.4 Å². The molecule has 0 bridgehead atoms. The van der Waals surface area contributed by atoms with Gasteiger partial charge >= 0.3 is 11.8 Å². The van der Waals surface area contributed by atoms with Gasteiger partial charge in [-0.25, -0.2) is 5.43 Å². The Labute approximate surface area is 153 Å². The van der Waals surface area contributed by atoms with Crippen LogP contribution in [-0.4, -0.2) is 24.1 Å². The van der Waals surface area contributed by atoms with Crippen molar-refractivity contribution in [1.29, 1.82) is 0 Å². The Bertz CT molecular complexity index is 756. The lowest BCUT2D eigenvalue weighted by Crippen LogP contribution is -2.39. The first-order chi connectivity index (χ1) is 12.5. The second-order valence-corrected chi connectivity index (χ2v) is 6.04. The zero-order valence-electron chi connectivity index (χ0n) is 15.1. The minimum absolute atomic E-state index is 0.102. The van der Waals surface area contributed by atoms with E-state index in [-0.39, 0.29) is 12.1 Å². The highest BCUT2D eigenvalue weighted by Crippen LogP contribution is 2.13. The van der Waals surface area contributed by atoms with Gasteiger partial charge in [-0.2, -0.15) is 5.10 Å². The molecular formula is C20H23N3O3. The minimum atomic E-state index is -0.816. The third-order valence-electron chi connectivity index (χ3n) is 3.49. The second kappa shape index (κ2) is 9.36. The molecule has 26 heavy (non-hydrogen) atoms. The van der Waals surface area contributed by atoms with Crippen molar-refractivity contribution in [1.82, 2.24) is 10.7 Å². The molecule has 2 N–H and O–H groups in total. The number of nitrogens with zero attached hydrogens (tertiary/aromatic N) is 1. The summed E-state index contributed by atoms with van der Waals surface area (Å²) in [6, 6.07) is 16.4. The molecular weight excluding hydrogens is 330 g/mol. The highest BCUT2D eigenvalue weighted by molar-refractivity contribution is 6.35. The van der Waals surface area contributed by atoms with Crippen molar-refractivity contribution in [3.8, 4) is 5.75 Å². The summed E-state index contributed by atoms with van der Waals surface area (Å²) in [4.78, 5) is 23.7. The first-order valence-corrected chi connectivity index (χ1v) is 8.41. The molecule has 0 aliphatic rings. The van der Waals surface area contributed by atoms with Gasteiger partial charge in [0.15, 0.2) is 0 Å². The van der Waals surface area contributed by atoms with E-state index < -0.39 is 11.8 Å². The average molecular weight is 353 g/mol. The number of amides is 2. The lowest BCUT2D eigenvalue weighted by molar-refractivity contribution is -0.139. The number of nitrogens with one attached hydrogen (secondary N) is 2. The van der Waals surface area contributed by atoms with Gasteiger partial charge in [0.1, 0.15) is 5.75 Å². The van der Waals surface area contributed by atoms with Crippen LogP contribution in [0.5, 0.6) is 5.75 Å². The number of rotatable bonds is 6. The summed E-state index contributed by atoms with van der Waals surface area (Å²) in [5.74, 6) is -0.793. The maximum Gasteiger partial charge on any atom is 0.329 e. The van der Waals surface area contributed by atoms with Crippen LogP contribution in [0.3, 0.4) is 0 Å². The molecule has 0 heterocycles. The predicted molar refractivity (Wildman–Crippen MR) is 101 cm³/mol. The lowest BCUT2D eigenvalue weighted by Gasteiger charge is -2.13. The molecule has 0 unspecified atom stereocenters. The Balaban J connectivity index is 1.83. The summed E-state index contributed by atoms with van der Waals surface area (Å²) < 4.78 is 5.55. The molecule has 0 aliphatic carbocycles. The van der Waals surface area contributed by atoms with Crippen LogP contribution in [0.1, 0.15) is 37.9 Å². The van der Waals surface area contributed by atoms with E-state index in [4.69, 9.17) is 4.74 Å². The average Bonchev–Trinajstić information content (AvgIpc) is 2.63. The molecule has 0 fully saturated rings. The summed E-state index contributed by atoms with van der Waals surface area (Å²) in [6.07, 6.45) is 1.57. The first-order valence-electron chi connectivity index (χ1n) is 8.41. The summed E-state index contributed by atoms with van der Waals surface area (Å²) >= 11 is 0. The van der Waals surface area contributed by atoms with Gasteiger partial charge in [-0.05, 0) is 56.2 Å². The van der Waals surface area contributed by atoms with Crippen molar-refractivity contribution in [3.63, 3.8) is 0 Å². The van der Waals surface area contributed by atoms with E-state index >= 15 is 0 Å². The van der Waals surface area contributed by atoms with Crippen molar-refractivity contribution >= 4 is 18.0 Å². The maximum atomic E-state index is 11.9. The molecule has 2 aromatic rings. The van der Waals surface area contributed by atoms with Crippen molar-refractivity contribution in [2.45, 2.75) is 32.9 Å². The summed E-state index contributed by atoms with van der Waals surface area (Å²) in [6.45, 7) is 5.72. The minimum Gasteiger partial charge on any atom is -0.491 e. The van der Waals surface area contributed by atoms with Gasteiger partial charge in [0.25, 0.3) is 0 Å². The largest absolute Gasteiger partial charge is 0.491 e. The molecule has 0 spiro atoms. The Kier molecular flexibility index (Phi) is 6.91. The summed E-state index contributed by atoms with van der Waals surface area (Å²) in [5, 5.41) is 6.44. The third-order valence-corrected chi connectivity index (χ3v) is 3.49. The molecule has 6 heteroatoms. The number of carbonyl (C=O) groups is 2. The molecule has 2 aromatic carbocycles. The van der Waals surface area contributed by atoms with E-state index in [0.29, 0.717) is 0 Å². The second-order valence-electron chi connectivity index (χ2n) is 6.04. The molecule has 2 amide bonds. The molecule has 0 aliphatic heterocycles. The normalized spacial score (nSPS) is 12.0. The van der Waals surface area contributed by atoms with Crippen molar-refractivity contribution in [2.24, 2.45) is 5.10 Å². The highest BCUT2D eigenvalue weighted by atomic mass is 16.5. The van der Waals surface area contributed by atoms with Gasteiger partial charge in [-0.15, -0.1) is 0 Å². The SMILES string of the molecule is CC(C)Oc1ccc(/C=N\NC(=O)C(=O)N[C@H](C)c2ccccc2)cc1. The molecule has 6 nitrogen and oxygen atoms in total. The Morgan fingerprint density at radius 3 is 2.23 bits per heavy atom. The van der Waals surface area contributed by atoms with E-state index in [1.165, 1.54) is 6.21 Å². The van der Waals surface area contributed by atoms with Crippen LogP contribution in [0.2, 0.25) is 0 Å². The molecule has 1 atom stereocenters. The maximum absolute atomic E-state index is 11.9. The smallest absolute Gasteiger partial charge is 0.329 e. The fraction of sp³-hybridized carbons (Fsp3) is 0.250. The Morgan fingerprint density at radius 2 is 1.62 bits per heavy atom. The molecule has 0 radical (unpaired) electrons. The van der Waals surface area contributed by atoms with Crippen LogP contribution in [0.4, 0.5) is 0 Å². The van der Waals surface area contributed by atoms with Crippen LogP contribution in [-0.2, 0) is 9.59 Å². The molecule has 0 saturated carbocycles. The fourth-order valence-electron chi connectivity index (χ4n) is 2.21. The van der Waals surface area contributed by atoms with E-state index in [2.05, 4.69) is 15.8 Å². The van der Waals surface area contributed by atoms with Gasteiger partial charge < -0.3 is 10.1 Å². The lowest BCUT2D eigenvalue weighted by atomic mass is 10.1. The standard InChI is InChI=1S/C20H23N3O3/c1-14(2)26-18-11-9-16(10-12-18)13-21-23-20(25)19(24)22-15(3)17-7-5-4-6-8-17/h4-15H,1-3H3,(H,22,24)(H,23,25)/b21-13-/t15-/m1/s1. The van der Waals surface area contributed by atoms with E-state index in [1.54, 1.807) is 0 Å². The highest BCUT2D eigenvalue weighted by Gasteiger charge is 2.16.